The molecule has 3 aromatic rings. The summed E-state index contributed by atoms with van der Waals surface area (Å²) in [6.45, 7) is 0.548. The van der Waals surface area contributed by atoms with E-state index in [0.29, 0.717) is 28.9 Å². The molecule has 0 saturated heterocycles. The van der Waals surface area contributed by atoms with Crippen LogP contribution in [-0.2, 0) is 11.3 Å². The molecule has 0 radical (unpaired) electrons. The van der Waals surface area contributed by atoms with Crippen LogP contribution in [0.5, 0.6) is 0 Å². The smallest absolute Gasteiger partial charge is 0.238 e. The van der Waals surface area contributed by atoms with E-state index in [1.165, 1.54) is 12.1 Å². The number of aromatic nitrogens is 1. The molecule has 0 unspecified atom stereocenters. The van der Waals surface area contributed by atoms with Crippen LogP contribution in [0, 0.1) is 5.82 Å². The van der Waals surface area contributed by atoms with Crippen LogP contribution in [0.3, 0.4) is 0 Å². The maximum atomic E-state index is 13.0. The van der Waals surface area contributed by atoms with E-state index in [2.05, 4.69) is 10.3 Å². The highest BCUT2D eigenvalue weighted by atomic mass is 35.5. The van der Waals surface area contributed by atoms with Crippen LogP contribution in [0.15, 0.2) is 59.1 Å². The van der Waals surface area contributed by atoms with Crippen molar-refractivity contribution < 1.29 is 13.6 Å². The largest absolute Gasteiger partial charge is 0.439 e. The quantitative estimate of drug-likeness (QED) is 0.703. The molecular formula is C19H17ClFN3O2. The molecule has 3 rings (SSSR count). The van der Waals surface area contributed by atoms with Crippen molar-refractivity contribution in [1.29, 1.82) is 0 Å². The van der Waals surface area contributed by atoms with Crippen molar-refractivity contribution in [2.24, 2.45) is 0 Å². The van der Waals surface area contributed by atoms with Gasteiger partial charge in [0.25, 0.3) is 0 Å². The van der Waals surface area contributed by atoms with Crippen LogP contribution < -0.4 is 5.32 Å². The lowest BCUT2D eigenvalue weighted by Crippen LogP contribution is -2.29. The number of nitrogens with one attached hydrogen (secondary N) is 1. The van der Waals surface area contributed by atoms with Gasteiger partial charge in [-0.1, -0.05) is 11.6 Å². The van der Waals surface area contributed by atoms with Gasteiger partial charge in [-0.05, 0) is 55.6 Å². The molecule has 0 fully saturated rings. The third kappa shape index (κ3) is 4.91. The number of hydrogen-bond donors (Lipinski definition) is 1. The van der Waals surface area contributed by atoms with Crippen LogP contribution in [0.4, 0.5) is 10.1 Å². The van der Waals surface area contributed by atoms with E-state index in [1.54, 1.807) is 54.5 Å². The van der Waals surface area contributed by atoms with Crippen molar-refractivity contribution in [1.82, 2.24) is 9.88 Å². The van der Waals surface area contributed by atoms with Gasteiger partial charge in [0.15, 0.2) is 5.76 Å². The van der Waals surface area contributed by atoms with Gasteiger partial charge in [-0.15, -0.1) is 0 Å². The van der Waals surface area contributed by atoms with Crippen LogP contribution in [0.1, 0.15) is 5.89 Å². The molecule has 1 N–H and O–H groups in total. The molecule has 5 nitrogen and oxygen atoms in total. The first-order valence-corrected chi connectivity index (χ1v) is 8.32. The summed E-state index contributed by atoms with van der Waals surface area (Å²) >= 11 is 5.82. The molecule has 7 heteroatoms. The van der Waals surface area contributed by atoms with Crippen molar-refractivity contribution in [2.75, 3.05) is 18.9 Å². The molecule has 26 heavy (non-hydrogen) atoms. The fourth-order valence-electron chi connectivity index (χ4n) is 2.40. The first kappa shape index (κ1) is 18.1. The van der Waals surface area contributed by atoms with Gasteiger partial charge in [0.1, 0.15) is 5.82 Å². The van der Waals surface area contributed by atoms with Crippen molar-refractivity contribution >= 4 is 23.2 Å². The van der Waals surface area contributed by atoms with Crippen LogP contribution in [0.2, 0.25) is 5.02 Å². The lowest BCUT2D eigenvalue weighted by Gasteiger charge is -2.14. The molecule has 0 spiro atoms. The predicted molar refractivity (Wildman–Crippen MR) is 98.3 cm³/mol. The summed E-state index contributed by atoms with van der Waals surface area (Å²) in [6.07, 6.45) is 1.59. The SMILES string of the molecule is CN(CC(=O)Nc1ccc(Cl)cc1)Cc1ncc(-c2ccc(F)cc2)o1. The fraction of sp³-hybridized carbons (Fsp3) is 0.158. The van der Waals surface area contributed by atoms with Crippen LogP contribution in [-0.4, -0.2) is 29.4 Å². The van der Waals surface area contributed by atoms with E-state index in [0.717, 1.165) is 5.56 Å². The lowest BCUT2D eigenvalue weighted by atomic mass is 10.2. The maximum Gasteiger partial charge on any atom is 0.238 e. The Hall–Kier alpha value is -2.70. The number of anilines is 1. The summed E-state index contributed by atoms with van der Waals surface area (Å²) in [5.74, 6) is 0.574. The average molecular weight is 374 g/mol. The van der Waals surface area contributed by atoms with Crippen molar-refractivity contribution in [2.45, 2.75) is 6.54 Å². The van der Waals surface area contributed by atoms with E-state index < -0.39 is 0 Å². The Morgan fingerprint density at radius 3 is 2.58 bits per heavy atom. The number of amides is 1. The van der Waals surface area contributed by atoms with Crippen LogP contribution in [0.25, 0.3) is 11.3 Å². The Morgan fingerprint density at radius 1 is 1.19 bits per heavy atom. The highest BCUT2D eigenvalue weighted by Crippen LogP contribution is 2.21. The molecule has 0 aliphatic rings. The predicted octanol–water partition coefficient (Wildman–Crippen LogP) is 4.20. The van der Waals surface area contributed by atoms with Gasteiger partial charge in [0.05, 0.1) is 19.3 Å². The molecule has 0 aliphatic heterocycles. The number of oxazole rings is 1. The minimum Gasteiger partial charge on any atom is -0.439 e. The van der Waals surface area contributed by atoms with E-state index in [1.807, 2.05) is 0 Å². The third-order valence-electron chi connectivity index (χ3n) is 3.63. The zero-order chi connectivity index (χ0) is 18.5. The fourth-order valence-corrected chi connectivity index (χ4v) is 2.52. The number of benzene rings is 2. The second kappa shape index (κ2) is 8.12. The normalized spacial score (nSPS) is 10.9. The van der Waals surface area contributed by atoms with Gasteiger partial charge in [0, 0.05) is 16.3 Å². The molecule has 0 aliphatic carbocycles. The topological polar surface area (TPSA) is 58.4 Å². The molecule has 1 heterocycles. The number of hydrogen-bond acceptors (Lipinski definition) is 4. The van der Waals surface area contributed by atoms with E-state index in [-0.39, 0.29) is 18.3 Å². The number of carbonyl (C=O) groups is 1. The van der Waals surface area contributed by atoms with Gasteiger partial charge in [-0.2, -0.15) is 0 Å². The van der Waals surface area contributed by atoms with Gasteiger partial charge in [-0.25, -0.2) is 9.37 Å². The zero-order valence-electron chi connectivity index (χ0n) is 14.1. The van der Waals surface area contributed by atoms with Gasteiger partial charge in [0.2, 0.25) is 11.8 Å². The van der Waals surface area contributed by atoms with Crippen molar-refractivity contribution in [3.8, 4) is 11.3 Å². The number of rotatable bonds is 6. The first-order chi connectivity index (χ1) is 12.5. The zero-order valence-corrected chi connectivity index (χ0v) is 14.8. The second-order valence-electron chi connectivity index (χ2n) is 5.85. The number of halogens is 2. The van der Waals surface area contributed by atoms with Crippen molar-refractivity contribution in [3.05, 3.63) is 71.5 Å². The summed E-state index contributed by atoms with van der Waals surface area (Å²) in [6, 6.07) is 12.9. The molecule has 2 aromatic carbocycles. The Bertz CT molecular complexity index is 879. The molecule has 1 amide bonds. The molecule has 0 atom stereocenters. The Kier molecular flexibility index (Phi) is 5.65. The Labute approximate surface area is 155 Å². The standard InChI is InChI=1S/C19H17ClFN3O2/c1-24(11-18(25)23-16-8-4-14(20)5-9-16)12-19-22-10-17(26-19)13-2-6-15(21)7-3-13/h2-10H,11-12H2,1H3,(H,23,25). The average Bonchev–Trinajstić information content (AvgIpc) is 3.05. The molecule has 1 aromatic heterocycles. The summed E-state index contributed by atoms with van der Waals surface area (Å²) in [5, 5.41) is 3.41. The van der Waals surface area contributed by atoms with E-state index in [4.69, 9.17) is 16.0 Å². The Morgan fingerprint density at radius 2 is 1.88 bits per heavy atom. The molecule has 134 valence electrons. The summed E-state index contributed by atoms with van der Waals surface area (Å²) in [5.41, 5.74) is 1.43. The lowest BCUT2D eigenvalue weighted by molar-refractivity contribution is -0.117. The number of nitrogens with zero attached hydrogens (tertiary/aromatic N) is 2. The summed E-state index contributed by atoms with van der Waals surface area (Å²) in [7, 11) is 1.79. The first-order valence-electron chi connectivity index (χ1n) is 7.94. The van der Waals surface area contributed by atoms with Crippen molar-refractivity contribution in [3.63, 3.8) is 0 Å². The maximum absolute atomic E-state index is 13.0. The highest BCUT2D eigenvalue weighted by Gasteiger charge is 2.12. The minimum absolute atomic E-state index is 0.153. The minimum atomic E-state index is -0.306. The van der Waals surface area contributed by atoms with E-state index >= 15 is 0 Å². The van der Waals surface area contributed by atoms with Gasteiger partial charge >= 0.3 is 0 Å². The Balaban J connectivity index is 1.54. The molecule has 0 saturated carbocycles. The van der Waals surface area contributed by atoms with Gasteiger partial charge < -0.3 is 9.73 Å². The third-order valence-corrected chi connectivity index (χ3v) is 3.88. The summed E-state index contributed by atoms with van der Waals surface area (Å²) in [4.78, 5) is 18.1. The number of likely N-dealkylation sites (N-methyl/N-ethyl adjacent to an activating group) is 1. The summed E-state index contributed by atoms with van der Waals surface area (Å²) < 4.78 is 18.7. The van der Waals surface area contributed by atoms with Crippen LogP contribution >= 0.6 is 11.6 Å². The number of carbonyl (C=O) groups excluding carboxylic acids is 1. The monoisotopic (exact) mass is 373 g/mol. The molecule has 0 bridgehead atoms. The van der Waals surface area contributed by atoms with E-state index in [9.17, 15) is 9.18 Å². The highest BCUT2D eigenvalue weighted by molar-refractivity contribution is 6.30. The van der Waals surface area contributed by atoms with Gasteiger partial charge in [-0.3, -0.25) is 9.69 Å². The molecular weight excluding hydrogens is 357 g/mol. The second-order valence-corrected chi connectivity index (χ2v) is 6.29.